The molecule has 0 saturated heterocycles. The second-order valence-corrected chi connectivity index (χ2v) is 3.88. The molecule has 1 nitrogen and oxygen atoms in total. The van der Waals surface area contributed by atoms with Gasteiger partial charge in [-0.2, -0.15) is 0 Å². The molecule has 0 unspecified atom stereocenters. The van der Waals surface area contributed by atoms with Gasteiger partial charge >= 0.3 is 0 Å². The minimum absolute atomic E-state index is 0.191. The van der Waals surface area contributed by atoms with E-state index in [-0.39, 0.29) is 5.78 Å². The smallest absolute Gasteiger partial charge is 0.172 e. The number of carbonyl (C=O) groups is 1. The minimum Gasteiger partial charge on any atom is -0.293 e. The van der Waals surface area contributed by atoms with Gasteiger partial charge in [0.15, 0.2) is 5.78 Å². The first-order valence-electron chi connectivity index (χ1n) is 4.39. The van der Waals surface area contributed by atoms with E-state index in [1.807, 2.05) is 42.5 Å². The molecule has 14 heavy (non-hydrogen) atoms. The molecular formula is C12H9IO. The average Bonchev–Trinajstić information content (AvgIpc) is 2.27. The molecule has 0 aliphatic rings. The average molecular weight is 296 g/mol. The molecule has 0 N–H and O–H groups in total. The molecular weight excluding hydrogens is 287 g/mol. The van der Waals surface area contributed by atoms with Crippen molar-refractivity contribution in [2.75, 3.05) is 4.43 Å². The van der Waals surface area contributed by atoms with Gasteiger partial charge in [-0.3, -0.25) is 4.79 Å². The van der Waals surface area contributed by atoms with Crippen LogP contribution in [-0.4, -0.2) is 10.2 Å². The highest BCUT2D eigenvalue weighted by Crippen LogP contribution is 2.16. The van der Waals surface area contributed by atoms with Gasteiger partial charge in [0.25, 0.3) is 0 Å². The maximum absolute atomic E-state index is 11.4. The molecule has 2 aromatic rings. The van der Waals surface area contributed by atoms with Crippen LogP contribution in [0.15, 0.2) is 42.5 Å². The monoisotopic (exact) mass is 296 g/mol. The van der Waals surface area contributed by atoms with Crippen LogP contribution in [-0.2, 0) is 0 Å². The summed E-state index contributed by atoms with van der Waals surface area (Å²) < 4.78 is 0.538. The summed E-state index contributed by atoms with van der Waals surface area (Å²) in [5.74, 6) is 0.191. The molecule has 2 aromatic carbocycles. The van der Waals surface area contributed by atoms with Crippen molar-refractivity contribution in [3.05, 3.63) is 48.0 Å². The Bertz CT molecular complexity index is 476. The van der Waals surface area contributed by atoms with Crippen LogP contribution in [0.4, 0.5) is 0 Å². The molecule has 0 saturated carbocycles. The van der Waals surface area contributed by atoms with Crippen LogP contribution in [0.3, 0.4) is 0 Å². The fourth-order valence-corrected chi connectivity index (χ4v) is 1.88. The van der Waals surface area contributed by atoms with E-state index in [1.165, 1.54) is 5.39 Å². The van der Waals surface area contributed by atoms with Crippen LogP contribution in [0.25, 0.3) is 10.8 Å². The van der Waals surface area contributed by atoms with Crippen LogP contribution in [0.5, 0.6) is 0 Å². The fourth-order valence-electron chi connectivity index (χ4n) is 1.44. The number of Topliss-reactive ketones (excluding diaryl/α,β-unsaturated/α-hetero) is 1. The van der Waals surface area contributed by atoms with Crippen LogP contribution < -0.4 is 0 Å². The van der Waals surface area contributed by atoms with E-state index in [0.717, 1.165) is 10.9 Å². The molecule has 2 rings (SSSR count). The fraction of sp³-hybridized carbons (Fsp3) is 0.0833. The number of carbonyl (C=O) groups excluding carboxylic acids is 1. The standard InChI is InChI=1S/C12H9IO/c13-8-12(14)11-6-5-9-3-1-2-4-10(9)7-11/h1-7H,8H2. The maximum atomic E-state index is 11.4. The lowest BCUT2D eigenvalue weighted by Gasteiger charge is -2.00. The molecule has 70 valence electrons. The summed E-state index contributed by atoms with van der Waals surface area (Å²) in [7, 11) is 0. The van der Waals surface area contributed by atoms with E-state index >= 15 is 0 Å². The Morgan fingerprint density at radius 2 is 1.79 bits per heavy atom. The summed E-state index contributed by atoms with van der Waals surface area (Å²) in [4.78, 5) is 11.4. The van der Waals surface area contributed by atoms with E-state index in [4.69, 9.17) is 0 Å². The van der Waals surface area contributed by atoms with Gasteiger partial charge in [0.05, 0.1) is 4.43 Å². The Kier molecular flexibility index (Phi) is 2.82. The normalized spacial score (nSPS) is 10.4. The molecule has 0 aromatic heterocycles. The van der Waals surface area contributed by atoms with Crippen molar-refractivity contribution in [2.45, 2.75) is 0 Å². The molecule has 0 fully saturated rings. The largest absolute Gasteiger partial charge is 0.293 e. The summed E-state index contributed by atoms with van der Waals surface area (Å²) in [5.41, 5.74) is 0.804. The van der Waals surface area contributed by atoms with Crippen molar-refractivity contribution in [2.24, 2.45) is 0 Å². The van der Waals surface area contributed by atoms with E-state index < -0.39 is 0 Å². The zero-order chi connectivity index (χ0) is 9.97. The summed E-state index contributed by atoms with van der Waals surface area (Å²) in [6.45, 7) is 0. The lowest BCUT2D eigenvalue weighted by Crippen LogP contribution is -1.98. The molecule has 0 aliphatic carbocycles. The molecule has 0 bridgehead atoms. The maximum Gasteiger partial charge on any atom is 0.172 e. The van der Waals surface area contributed by atoms with Crippen molar-refractivity contribution in [3.8, 4) is 0 Å². The lowest BCUT2D eigenvalue weighted by atomic mass is 10.1. The molecule has 0 spiro atoms. The van der Waals surface area contributed by atoms with Crippen molar-refractivity contribution in [1.29, 1.82) is 0 Å². The first-order valence-corrected chi connectivity index (χ1v) is 5.92. The third kappa shape index (κ3) is 1.80. The number of ketones is 1. The molecule has 2 heteroatoms. The molecule has 0 aliphatic heterocycles. The van der Waals surface area contributed by atoms with Crippen LogP contribution in [0, 0.1) is 0 Å². The summed E-state index contributed by atoms with van der Waals surface area (Å²) >= 11 is 2.09. The van der Waals surface area contributed by atoms with Gasteiger partial charge in [-0.1, -0.05) is 59.0 Å². The SMILES string of the molecule is O=C(CI)c1ccc2ccccc2c1. The highest BCUT2D eigenvalue weighted by atomic mass is 127. The zero-order valence-corrected chi connectivity index (χ0v) is 9.69. The number of halogens is 1. The second kappa shape index (κ2) is 4.09. The first-order chi connectivity index (χ1) is 6.81. The van der Waals surface area contributed by atoms with Crippen molar-refractivity contribution in [3.63, 3.8) is 0 Å². The molecule has 0 atom stereocenters. The number of hydrogen-bond donors (Lipinski definition) is 0. The Morgan fingerprint density at radius 1 is 1.07 bits per heavy atom. The Morgan fingerprint density at radius 3 is 2.50 bits per heavy atom. The zero-order valence-electron chi connectivity index (χ0n) is 7.53. The predicted molar refractivity (Wildman–Crippen MR) is 67.2 cm³/mol. The number of benzene rings is 2. The van der Waals surface area contributed by atoms with Gasteiger partial charge in [-0.05, 0) is 16.8 Å². The Balaban J connectivity index is 2.56. The summed E-state index contributed by atoms with van der Waals surface area (Å²) in [6, 6.07) is 13.9. The van der Waals surface area contributed by atoms with Crippen molar-refractivity contribution < 1.29 is 4.79 Å². The minimum atomic E-state index is 0.191. The quantitative estimate of drug-likeness (QED) is 0.471. The lowest BCUT2D eigenvalue weighted by molar-refractivity contribution is 0.102. The van der Waals surface area contributed by atoms with Gasteiger partial charge in [-0.15, -0.1) is 0 Å². The van der Waals surface area contributed by atoms with Gasteiger partial charge in [0.2, 0.25) is 0 Å². The molecule has 0 amide bonds. The predicted octanol–water partition coefficient (Wildman–Crippen LogP) is 3.46. The number of hydrogen-bond acceptors (Lipinski definition) is 1. The molecule has 0 radical (unpaired) electrons. The van der Waals surface area contributed by atoms with Gasteiger partial charge in [0.1, 0.15) is 0 Å². The topological polar surface area (TPSA) is 17.1 Å². The van der Waals surface area contributed by atoms with Crippen LogP contribution in [0.1, 0.15) is 10.4 Å². The summed E-state index contributed by atoms with van der Waals surface area (Å²) in [5, 5.41) is 2.31. The second-order valence-electron chi connectivity index (χ2n) is 3.12. The van der Waals surface area contributed by atoms with E-state index in [2.05, 4.69) is 22.6 Å². The number of fused-ring (bicyclic) bond motifs is 1. The van der Waals surface area contributed by atoms with Gasteiger partial charge in [0, 0.05) is 5.56 Å². The number of alkyl halides is 1. The summed E-state index contributed by atoms with van der Waals surface area (Å²) in [6.07, 6.45) is 0. The highest BCUT2D eigenvalue weighted by molar-refractivity contribution is 14.1. The molecule has 0 heterocycles. The van der Waals surface area contributed by atoms with E-state index in [0.29, 0.717) is 4.43 Å². The first kappa shape index (κ1) is 9.65. The highest BCUT2D eigenvalue weighted by Gasteiger charge is 2.03. The third-order valence-corrected chi connectivity index (χ3v) is 2.89. The third-order valence-electron chi connectivity index (χ3n) is 2.19. The van der Waals surface area contributed by atoms with Crippen molar-refractivity contribution in [1.82, 2.24) is 0 Å². The Labute approximate surface area is 96.3 Å². The van der Waals surface area contributed by atoms with Gasteiger partial charge < -0.3 is 0 Å². The van der Waals surface area contributed by atoms with E-state index in [9.17, 15) is 4.79 Å². The van der Waals surface area contributed by atoms with Gasteiger partial charge in [-0.25, -0.2) is 0 Å². The van der Waals surface area contributed by atoms with E-state index in [1.54, 1.807) is 0 Å². The Hall–Kier alpha value is -0.900. The number of rotatable bonds is 2. The van der Waals surface area contributed by atoms with Crippen molar-refractivity contribution >= 4 is 39.1 Å². The van der Waals surface area contributed by atoms with Crippen LogP contribution in [0.2, 0.25) is 0 Å². The van der Waals surface area contributed by atoms with Crippen LogP contribution >= 0.6 is 22.6 Å².